The standard InChI is InChI=1S/C10H9BrF2INO2/c1-17-7(16)3-6-2-5(4-11)8(14)9(15-6)10(12)13/h2,10H,3-4H2,1H3. The summed E-state index contributed by atoms with van der Waals surface area (Å²) >= 11 is 5.04. The summed E-state index contributed by atoms with van der Waals surface area (Å²) in [6.07, 6.45) is -2.76. The van der Waals surface area contributed by atoms with Gasteiger partial charge in [-0.2, -0.15) is 0 Å². The highest BCUT2D eigenvalue weighted by atomic mass is 127. The van der Waals surface area contributed by atoms with Crippen LogP contribution in [0, 0.1) is 3.57 Å². The first-order chi connectivity index (χ1) is 7.99. The summed E-state index contributed by atoms with van der Waals surface area (Å²) in [7, 11) is 1.24. The summed E-state index contributed by atoms with van der Waals surface area (Å²) < 4.78 is 30.4. The van der Waals surface area contributed by atoms with Crippen molar-refractivity contribution in [3.05, 3.63) is 26.6 Å². The Kier molecular flexibility index (Phi) is 5.71. The Morgan fingerprint density at radius 2 is 2.29 bits per heavy atom. The molecule has 0 radical (unpaired) electrons. The first-order valence-electron chi connectivity index (χ1n) is 4.58. The third-order valence-corrected chi connectivity index (χ3v) is 3.87. The van der Waals surface area contributed by atoms with E-state index >= 15 is 0 Å². The Balaban J connectivity index is 3.15. The fourth-order valence-corrected chi connectivity index (χ4v) is 2.89. The van der Waals surface area contributed by atoms with Crippen LogP contribution in [-0.2, 0) is 21.3 Å². The predicted molar refractivity (Wildman–Crippen MR) is 70.3 cm³/mol. The molecule has 0 aliphatic rings. The van der Waals surface area contributed by atoms with Crippen molar-refractivity contribution < 1.29 is 18.3 Å². The van der Waals surface area contributed by atoms with Gasteiger partial charge in [-0.15, -0.1) is 0 Å². The van der Waals surface area contributed by atoms with Gasteiger partial charge in [-0.05, 0) is 34.2 Å². The number of halogens is 4. The maximum absolute atomic E-state index is 12.7. The van der Waals surface area contributed by atoms with Gasteiger partial charge < -0.3 is 4.74 Å². The van der Waals surface area contributed by atoms with E-state index in [0.717, 1.165) is 0 Å². The SMILES string of the molecule is COC(=O)Cc1cc(CBr)c(I)c(C(F)F)n1. The molecule has 1 aromatic rings. The molecule has 1 aromatic heterocycles. The highest BCUT2D eigenvalue weighted by Crippen LogP contribution is 2.27. The van der Waals surface area contributed by atoms with E-state index in [9.17, 15) is 13.6 Å². The number of alkyl halides is 3. The van der Waals surface area contributed by atoms with E-state index in [1.54, 1.807) is 6.07 Å². The van der Waals surface area contributed by atoms with Gasteiger partial charge in [0.25, 0.3) is 6.43 Å². The first kappa shape index (κ1) is 14.7. The van der Waals surface area contributed by atoms with Gasteiger partial charge in [0.2, 0.25) is 0 Å². The van der Waals surface area contributed by atoms with Crippen LogP contribution in [0.25, 0.3) is 0 Å². The van der Waals surface area contributed by atoms with E-state index in [0.29, 0.717) is 20.2 Å². The number of aromatic nitrogens is 1. The molecular formula is C10H9BrF2INO2. The third kappa shape index (κ3) is 3.84. The zero-order valence-electron chi connectivity index (χ0n) is 8.84. The maximum atomic E-state index is 12.7. The number of nitrogens with zero attached hydrogens (tertiary/aromatic N) is 1. The molecule has 0 unspecified atom stereocenters. The molecule has 0 atom stereocenters. The average molecular weight is 420 g/mol. The van der Waals surface area contributed by atoms with Crippen LogP contribution >= 0.6 is 38.5 Å². The number of rotatable bonds is 4. The Labute approximate surface area is 119 Å². The van der Waals surface area contributed by atoms with Gasteiger partial charge in [0.15, 0.2) is 0 Å². The van der Waals surface area contributed by atoms with E-state index in [1.807, 2.05) is 22.6 Å². The van der Waals surface area contributed by atoms with Crippen LogP contribution in [-0.4, -0.2) is 18.1 Å². The Hall–Kier alpha value is -0.310. The third-order valence-electron chi connectivity index (χ3n) is 2.02. The van der Waals surface area contributed by atoms with E-state index in [2.05, 4.69) is 25.7 Å². The van der Waals surface area contributed by atoms with Crippen LogP contribution in [0.3, 0.4) is 0 Å². The molecule has 1 rings (SSSR count). The minimum atomic E-state index is -2.66. The molecule has 1 heterocycles. The molecule has 0 saturated heterocycles. The van der Waals surface area contributed by atoms with Gasteiger partial charge in [0, 0.05) is 8.90 Å². The highest BCUT2D eigenvalue weighted by Gasteiger charge is 2.18. The Morgan fingerprint density at radius 3 is 2.76 bits per heavy atom. The summed E-state index contributed by atoms with van der Waals surface area (Å²) in [5.74, 6) is -0.501. The predicted octanol–water partition coefficient (Wildman–Crippen LogP) is 3.23. The van der Waals surface area contributed by atoms with Gasteiger partial charge in [0.05, 0.1) is 19.2 Å². The van der Waals surface area contributed by atoms with Crippen LogP contribution in [0.4, 0.5) is 8.78 Å². The molecule has 0 bridgehead atoms. The summed E-state index contributed by atoms with van der Waals surface area (Å²) in [6.45, 7) is 0. The van der Waals surface area contributed by atoms with Crippen molar-refractivity contribution in [3.8, 4) is 0 Å². The van der Waals surface area contributed by atoms with Gasteiger partial charge in [-0.3, -0.25) is 9.78 Å². The van der Waals surface area contributed by atoms with Crippen molar-refractivity contribution in [3.63, 3.8) is 0 Å². The number of ether oxygens (including phenoxy) is 1. The molecule has 0 N–H and O–H groups in total. The molecule has 17 heavy (non-hydrogen) atoms. The molecule has 7 heteroatoms. The number of methoxy groups -OCH3 is 1. The lowest BCUT2D eigenvalue weighted by molar-refractivity contribution is -0.139. The lowest BCUT2D eigenvalue weighted by Crippen LogP contribution is -2.09. The molecule has 0 aliphatic carbocycles. The van der Waals surface area contributed by atoms with Crippen molar-refractivity contribution in [2.24, 2.45) is 0 Å². The average Bonchev–Trinajstić information content (AvgIpc) is 2.30. The number of carbonyl (C=O) groups excluding carboxylic acids is 1. The zero-order valence-corrected chi connectivity index (χ0v) is 12.6. The molecule has 0 fully saturated rings. The van der Waals surface area contributed by atoms with Crippen LogP contribution in [0.15, 0.2) is 6.07 Å². The fraction of sp³-hybridized carbons (Fsp3) is 0.400. The number of hydrogen-bond acceptors (Lipinski definition) is 3. The maximum Gasteiger partial charge on any atom is 0.311 e. The second-order valence-electron chi connectivity index (χ2n) is 3.16. The van der Waals surface area contributed by atoms with E-state index < -0.39 is 12.4 Å². The molecule has 0 aromatic carbocycles. The second kappa shape index (κ2) is 6.58. The van der Waals surface area contributed by atoms with Crippen molar-refractivity contribution in [1.29, 1.82) is 0 Å². The van der Waals surface area contributed by atoms with Crippen molar-refractivity contribution in [1.82, 2.24) is 4.98 Å². The lowest BCUT2D eigenvalue weighted by Gasteiger charge is -2.10. The smallest absolute Gasteiger partial charge is 0.311 e. The van der Waals surface area contributed by atoms with Crippen LogP contribution in [0.1, 0.15) is 23.4 Å². The van der Waals surface area contributed by atoms with Gasteiger partial charge in [-0.1, -0.05) is 15.9 Å². The number of esters is 1. The van der Waals surface area contributed by atoms with Crippen molar-refractivity contribution >= 4 is 44.5 Å². The quantitative estimate of drug-likeness (QED) is 0.427. The Morgan fingerprint density at radius 1 is 1.65 bits per heavy atom. The van der Waals surface area contributed by atoms with E-state index in [1.165, 1.54) is 7.11 Å². The first-order valence-corrected chi connectivity index (χ1v) is 6.78. The normalized spacial score (nSPS) is 10.7. The fourth-order valence-electron chi connectivity index (χ4n) is 1.22. The number of hydrogen-bond donors (Lipinski definition) is 0. The largest absolute Gasteiger partial charge is 0.469 e. The topological polar surface area (TPSA) is 39.2 Å². The van der Waals surface area contributed by atoms with Crippen molar-refractivity contribution in [2.75, 3.05) is 7.11 Å². The minimum Gasteiger partial charge on any atom is -0.469 e. The van der Waals surface area contributed by atoms with Crippen molar-refractivity contribution in [2.45, 2.75) is 18.2 Å². The summed E-state index contributed by atoms with van der Waals surface area (Å²) in [5, 5.41) is 0.432. The second-order valence-corrected chi connectivity index (χ2v) is 4.80. The number of carbonyl (C=O) groups is 1. The molecule has 94 valence electrons. The van der Waals surface area contributed by atoms with E-state index in [4.69, 9.17) is 0 Å². The van der Waals surface area contributed by atoms with Gasteiger partial charge >= 0.3 is 5.97 Å². The molecule has 0 aliphatic heterocycles. The van der Waals surface area contributed by atoms with Crippen LogP contribution in [0.2, 0.25) is 0 Å². The van der Waals surface area contributed by atoms with Crippen LogP contribution < -0.4 is 0 Å². The van der Waals surface area contributed by atoms with Crippen LogP contribution in [0.5, 0.6) is 0 Å². The molecule has 3 nitrogen and oxygen atoms in total. The van der Waals surface area contributed by atoms with Gasteiger partial charge in [0.1, 0.15) is 5.69 Å². The molecule has 0 saturated carbocycles. The number of pyridine rings is 1. The summed E-state index contributed by atoms with van der Waals surface area (Å²) in [6, 6.07) is 1.62. The molecule has 0 spiro atoms. The lowest BCUT2D eigenvalue weighted by atomic mass is 10.2. The highest BCUT2D eigenvalue weighted by molar-refractivity contribution is 14.1. The Bertz CT molecular complexity index is 429. The molecular weight excluding hydrogens is 411 g/mol. The summed E-state index contributed by atoms with van der Waals surface area (Å²) in [5.41, 5.74) is 0.693. The van der Waals surface area contributed by atoms with Gasteiger partial charge in [-0.25, -0.2) is 8.78 Å². The summed E-state index contributed by atoms with van der Waals surface area (Å²) in [4.78, 5) is 14.9. The molecule has 0 amide bonds. The minimum absolute atomic E-state index is 0.104. The zero-order chi connectivity index (χ0) is 13.0. The monoisotopic (exact) mass is 419 g/mol. The van der Waals surface area contributed by atoms with E-state index in [-0.39, 0.29) is 12.1 Å².